The summed E-state index contributed by atoms with van der Waals surface area (Å²) in [6, 6.07) is 6.40. The van der Waals surface area contributed by atoms with Crippen LogP contribution in [0.5, 0.6) is 0 Å². The normalized spacial score (nSPS) is 10.6. The molecule has 1 N–H and O–H groups in total. The van der Waals surface area contributed by atoms with Crippen LogP contribution in [0.1, 0.15) is 11.3 Å². The van der Waals surface area contributed by atoms with E-state index in [2.05, 4.69) is 26.4 Å². The van der Waals surface area contributed by atoms with Crippen molar-refractivity contribution in [2.45, 2.75) is 13.1 Å². The monoisotopic (exact) mass is 284 g/mol. The molecule has 1 heterocycles. The molecule has 0 aliphatic carbocycles. The zero-order valence-electron chi connectivity index (χ0n) is 8.41. The molecule has 16 heavy (non-hydrogen) atoms. The van der Waals surface area contributed by atoms with E-state index in [4.69, 9.17) is 4.52 Å². The summed E-state index contributed by atoms with van der Waals surface area (Å²) in [7, 11) is 0. The Balaban J connectivity index is 1.92. The smallest absolute Gasteiger partial charge is 0.124 e. The van der Waals surface area contributed by atoms with Crippen molar-refractivity contribution in [3.8, 4) is 0 Å². The van der Waals surface area contributed by atoms with E-state index in [9.17, 15) is 4.39 Å². The predicted molar refractivity (Wildman–Crippen MR) is 61.1 cm³/mol. The summed E-state index contributed by atoms with van der Waals surface area (Å²) in [5.74, 6) is -0.235. The zero-order chi connectivity index (χ0) is 11.4. The van der Waals surface area contributed by atoms with Crippen LogP contribution in [-0.4, -0.2) is 5.16 Å². The lowest BCUT2D eigenvalue weighted by Crippen LogP contribution is -2.13. The van der Waals surface area contributed by atoms with Gasteiger partial charge in [0.15, 0.2) is 0 Å². The number of nitrogens with one attached hydrogen (secondary N) is 1. The quantitative estimate of drug-likeness (QED) is 0.938. The zero-order valence-corrected chi connectivity index (χ0v) is 10.00. The van der Waals surface area contributed by atoms with Gasteiger partial charge >= 0.3 is 0 Å². The average molecular weight is 285 g/mol. The van der Waals surface area contributed by atoms with Crippen molar-refractivity contribution in [1.82, 2.24) is 10.5 Å². The van der Waals surface area contributed by atoms with Crippen LogP contribution < -0.4 is 5.32 Å². The van der Waals surface area contributed by atoms with Crippen LogP contribution in [0.3, 0.4) is 0 Å². The Labute approximate surface area is 101 Å². The molecule has 2 aromatic rings. The van der Waals surface area contributed by atoms with Gasteiger partial charge in [-0.1, -0.05) is 21.1 Å². The first-order valence-corrected chi connectivity index (χ1v) is 5.59. The molecule has 0 radical (unpaired) electrons. The first-order chi connectivity index (χ1) is 7.75. The third-order valence-corrected chi connectivity index (χ3v) is 2.89. The summed E-state index contributed by atoms with van der Waals surface area (Å²) in [5.41, 5.74) is 1.70. The Hall–Kier alpha value is -1.20. The van der Waals surface area contributed by atoms with E-state index in [0.717, 1.165) is 15.7 Å². The molecule has 0 atom stereocenters. The minimum absolute atomic E-state index is 0.235. The second-order valence-corrected chi connectivity index (χ2v) is 4.18. The van der Waals surface area contributed by atoms with Crippen molar-refractivity contribution in [3.05, 3.63) is 52.1 Å². The largest absolute Gasteiger partial charge is 0.364 e. The van der Waals surface area contributed by atoms with Gasteiger partial charge in [0, 0.05) is 23.6 Å². The summed E-state index contributed by atoms with van der Waals surface area (Å²) in [5, 5.41) is 6.92. The Bertz CT molecular complexity index is 459. The minimum atomic E-state index is -0.235. The summed E-state index contributed by atoms with van der Waals surface area (Å²) < 4.78 is 18.6. The number of aromatic nitrogens is 1. The molecule has 0 saturated carbocycles. The Kier molecular flexibility index (Phi) is 3.69. The molecule has 0 aliphatic heterocycles. The maximum Gasteiger partial charge on any atom is 0.124 e. The molecule has 0 unspecified atom stereocenters. The molecule has 0 spiro atoms. The number of rotatable bonds is 4. The van der Waals surface area contributed by atoms with E-state index in [1.807, 2.05) is 0 Å². The summed E-state index contributed by atoms with van der Waals surface area (Å²) >= 11 is 3.37. The number of nitrogens with zero attached hydrogens (tertiary/aromatic N) is 1. The van der Waals surface area contributed by atoms with Gasteiger partial charge in [-0.15, -0.1) is 0 Å². The first-order valence-electron chi connectivity index (χ1n) is 4.79. The molecule has 0 aliphatic rings. The maximum absolute atomic E-state index is 13.0. The molecule has 3 nitrogen and oxygen atoms in total. The SMILES string of the molecule is Fc1ccc(Br)c(CNCc2ccon2)c1. The fourth-order valence-corrected chi connectivity index (χ4v) is 1.72. The van der Waals surface area contributed by atoms with Gasteiger partial charge in [-0.25, -0.2) is 4.39 Å². The van der Waals surface area contributed by atoms with Gasteiger partial charge in [-0.2, -0.15) is 0 Å². The van der Waals surface area contributed by atoms with Crippen LogP contribution >= 0.6 is 15.9 Å². The van der Waals surface area contributed by atoms with Crippen LogP contribution in [0.2, 0.25) is 0 Å². The van der Waals surface area contributed by atoms with Gasteiger partial charge in [0.05, 0.1) is 5.69 Å². The van der Waals surface area contributed by atoms with Crippen LogP contribution in [0, 0.1) is 5.82 Å². The molecule has 1 aromatic heterocycles. The highest BCUT2D eigenvalue weighted by Crippen LogP contribution is 2.17. The van der Waals surface area contributed by atoms with Crippen molar-refractivity contribution < 1.29 is 8.91 Å². The third kappa shape index (κ3) is 2.90. The molecular weight excluding hydrogens is 275 g/mol. The van der Waals surface area contributed by atoms with Crippen molar-refractivity contribution in [3.63, 3.8) is 0 Å². The van der Waals surface area contributed by atoms with Crippen molar-refractivity contribution in [1.29, 1.82) is 0 Å². The summed E-state index contributed by atoms with van der Waals surface area (Å²) in [6.07, 6.45) is 1.52. The van der Waals surface area contributed by atoms with Gasteiger partial charge in [0.2, 0.25) is 0 Å². The Morgan fingerprint density at radius 2 is 2.19 bits per heavy atom. The molecule has 0 fully saturated rings. The van der Waals surface area contributed by atoms with E-state index < -0.39 is 0 Å². The lowest BCUT2D eigenvalue weighted by atomic mass is 10.2. The Morgan fingerprint density at radius 3 is 2.94 bits per heavy atom. The molecule has 0 amide bonds. The fraction of sp³-hybridized carbons (Fsp3) is 0.182. The van der Waals surface area contributed by atoms with E-state index in [1.165, 1.54) is 18.4 Å². The van der Waals surface area contributed by atoms with Crippen molar-refractivity contribution in [2.24, 2.45) is 0 Å². The number of hydrogen-bond donors (Lipinski definition) is 1. The van der Waals surface area contributed by atoms with Crippen LogP contribution in [0.25, 0.3) is 0 Å². The molecule has 1 aromatic carbocycles. The van der Waals surface area contributed by atoms with Crippen LogP contribution in [-0.2, 0) is 13.1 Å². The standard InChI is InChI=1S/C11H10BrFN2O/c12-11-2-1-9(13)5-8(11)6-14-7-10-3-4-16-15-10/h1-5,14H,6-7H2. The average Bonchev–Trinajstić information content (AvgIpc) is 2.76. The fourth-order valence-electron chi connectivity index (χ4n) is 1.33. The third-order valence-electron chi connectivity index (χ3n) is 2.12. The van der Waals surface area contributed by atoms with E-state index >= 15 is 0 Å². The van der Waals surface area contributed by atoms with E-state index in [-0.39, 0.29) is 5.82 Å². The maximum atomic E-state index is 13.0. The summed E-state index contributed by atoms with van der Waals surface area (Å²) in [4.78, 5) is 0. The van der Waals surface area contributed by atoms with Gasteiger partial charge in [-0.05, 0) is 23.8 Å². The molecule has 5 heteroatoms. The number of halogens is 2. The van der Waals surface area contributed by atoms with Crippen LogP contribution in [0.4, 0.5) is 4.39 Å². The second kappa shape index (κ2) is 5.23. The highest BCUT2D eigenvalue weighted by atomic mass is 79.9. The lowest BCUT2D eigenvalue weighted by Gasteiger charge is -2.05. The van der Waals surface area contributed by atoms with Crippen molar-refractivity contribution in [2.75, 3.05) is 0 Å². The molecule has 0 bridgehead atoms. The van der Waals surface area contributed by atoms with Crippen LogP contribution in [0.15, 0.2) is 39.5 Å². The summed E-state index contributed by atoms with van der Waals surface area (Å²) in [6.45, 7) is 1.17. The molecule has 2 rings (SSSR count). The highest BCUT2D eigenvalue weighted by Gasteiger charge is 2.02. The van der Waals surface area contributed by atoms with Gasteiger partial charge < -0.3 is 9.84 Å². The van der Waals surface area contributed by atoms with Gasteiger partial charge in [0.25, 0.3) is 0 Å². The molecular formula is C11H10BrFN2O. The van der Waals surface area contributed by atoms with Gasteiger partial charge in [-0.3, -0.25) is 0 Å². The van der Waals surface area contributed by atoms with Crippen molar-refractivity contribution >= 4 is 15.9 Å². The number of benzene rings is 1. The van der Waals surface area contributed by atoms with Gasteiger partial charge in [0.1, 0.15) is 12.1 Å². The first kappa shape index (κ1) is 11.3. The second-order valence-electron chi connectivity index (χ2n) is 3.33. The predicted octanol–water partition coefficient (Wildman–Crippen LogP) is 2.87. The Morgan fingerprint density at radius 1 is 1.31 bits per heavy atom. The highest BCUT2D eigenvalue weighted by molar-refractivity contribution is 9.10. The minimum Gasteiger partial charge on any atom is -0.364 e. The lowest BCUT2D eigenvalue weighted by molar-refractivity contribution is 0.408. The van der Waals surface area contributed by atoms with E-state index in [1.54, 1.807) is 12.1 Å². The van der Waals surface area contributed by atoms with E-state index in [0.29, 0.717) is 13.1 Å². The molecule has 84 valence electrons. The molecule has 0 saturated heterocycles. The topological polar surface area (TPSA) is 38.1 Å². The number of hydrogen-bond acceptors (Lipinski definition) is 3.